The molecule has 0 radical (unpaired) electrons. The van der Waals surface area contributed by atoms with Crippen molar-refractivity contribution in [3.63, 3.8) is 0 Å². The number of pyridine rings is 1. The monoisotopic (exact) mass is 283 g/mol. The van der Waals surface area contributed by atoms with Crippen molar-refractivity contribution in [1.82, 2.24) is 4.98 Å². The van der Waals surface area contributed by atoms with Crippen molar-refractivity contribution in [3.8, 4) is 0 Å². The van der Waals surface area contributed by atoms with Crippen LogP contribution in [0.3, 0.4) is 0 Å². The van der Waals surface area contributed by atoms with E-state index < -0.39 is 0 Å². The van der Waals surface area contributed by atoms with Crippen molar-refractivity contribution in [1.29, 1.82) is 0 Å². The fraction of sp³-hybridized carbons (Fsp3) is 0.294. The summed E-state index contributed by atoms with van der Waals surface area (Å²) in [5.41, 5.74) is 5.09. The van der Waals surface area contributed by atoms with Gasteiger partial charge in [0.05, 0.1) is 12.2 Å². The number of rotatable bonds is 5. The molecule has 2 aromatic rings. The molecule has 2 N–H and O–H groups in total. The first-order chi connectivity index (χ1) is 10.1. The van der Waals surface area contributed by atoms with Crippen molar-refractivity contribution in [2.45, 2.75) is 33.7 Å². The van der Waals surface area contributed by atoms with Crippen LogP contribution in [0.25, 0.3) is 0 Å². The summed E-state index contributed by atoms with van der Waals surface area (Å²) in [6.07, 6.45) is 2.34. The summed E-state index contributed by atoms with van der Waals surface area (Å²) in [5, 5.41) is 6.24. The lowest BCUT2D eigenvalue weighted by Crippen LogP contribution is -2.10. The van der Waals surface area contributed by atoms with E-state index in [4.69, 9.17) is 0 Å². The number of hydrogen-bond donors (Lipinski definition) is 2. The third-order valence-corrected chi connectivity index (χ3v) is 3.28. The van der Waals surface area contributed by atoms with Crippen LogP contribution in [0.5, 0.6) is 0 Å². The van der Waals surface area contributed by atoms with Crippen molar-refractivity contribution >= 4 is 17.3 Å². The molecule has 0 aliphatic heterocycles. The molecular weight excluding hydrogens is 262 g/mol. The third-order valence-electron chi connectivity index (χ3n) is 3.28. The van der Waals surface area contributed by atoms with Crippen molar-refractivity contribution < 1.29 is 4.79 Å². The lowest BCUT2D eigenvalue weighted by Gasteiger charge is -2.12. The van der Waals surface area contributed by atoms with Crippen LogP contribution >= 0.6 is 0 Å². The number of nitrogens with zero attached hydrogens (tertiary/aromatic N) is 1. The van der Waals surface area contributed by atoms with E-state index in [1.54, 1.807) is 0 Å². The molecule has 4 nitrogen and oxygen atoms in total. The number of amides is 1. The molecule has 0 fully saturated rings. The summed E-state index contributed by atoms with van der Waals surface area (Å²) in [4.78, 5) is 15.8. The molecule has 0 saturated carbocycles. The van der Waals surface area contributed by atoms with Crippen LogP contribution in [0.1, 0.15) is 30.2 Å². The average molecular weight is 283 g/mol. The number of carbonyl (C=O) groups excluding carboxylic acids is 1. The van der Waals surface area contributed by atoms with Crippen LogP contribution in [-0.4, -0.2) is 10.9 Å². The minimum absolute atomic E-state index is 0.0185. The van der Waals surface area contributed by atoms with Gasteiger partial charge in [0.15, 0.2) is 0 Å². The highest BCUT2D eigenvalue weighted by atomic mass is 16.1. The van der Waals surface area contributed by atoms with Gasteiger partial charge in [0.1, 0.15) is 0 Å². The molecule has 0 aliphatic rings. The summed E-state index contributed by atoms with van der Waals surface area (Å²) < 4.78 is 0. The van der Waals surface area contributed by atoms with Crippen LogP contribution in [0.2, 0.25) is 0 Å². The Morgan fingerprint density at radius 1 is 1.19 bits per heavy atom. The van der Waals surface area contributed by atoms with Crippen LogP contribution in [0.15, 0.2) is 36.5 Å². The Hall–Kier alpha value is -2.36. The zero-order chi connectivity index (χ0) is 15.2. The predicted molar refractivity (Wildman–Crippen MR) is 86.4 cm³/mol. The number of aryl methyl sites for hydroxylation is 2. The molecule has 4 heteroatoms. The van der Waals surface area contributed by atoms with Gasteiger partial charge in [-0.2, -0.15) is 0 Å². The lowest BCUT2D eigenvalue weighted by molar-refractivity contribution is -0.115. The van der Waals surface area contributed by atoms with Crippen LogP contribution in [0.4, 0.5) is 11.4 Å². The first-order valence-corrected chi connectivity index (χ1v) is 7.14. The van der Waals surface area contributed by atoms with Crippen molar-refractivity contribution in [2.24, 2.45) is 0 Å². The molecule has 0 saturated heterocycles. The SMILES string of the molecule is CCC(=O)Nc1ccc(C)c(NCc2ccc(C)cn2)c1. The first kappa shape index (κ1) is 15.0. The summed E-state index contributed by atoms with van der Waals surface area (Å²) in [6.45, 7) is 6.56. The number of aromatic nitrogens is 1. The Morgan fingerprint density at radius 3 is 2.67 bits per heavy atom. The topological polar surface area (TPSA) is 54.0 Å². The number of benzene rings is 1. The number of anilines is 2. The van der Waals surface area contributed by atoms with E-state index in [0.29, 0.717) is 13.0 Å². The fourth-order valence-electron chi connectivity index (χ4n) is 1.93. The summed E-state index contributed by atoms with van der Waals surface area (Å²) in [7, 11) is 0. The van der Waals surface area contributed by atoms with Crippen molar-refractivity contribution in [2.75, 3.05) is 10.6 Å². The maximum Gasteiger partial charge on any atom is 0.224 e. The molecule has 2 rings (SSSR count). The maximum atomic E-state index is 11.4. The Morgan fingerprint density at radius 2 is 2.00 bits per heavy atom. The van der Waals surface area contributed by atoms with Crippen molar-refractivity contribution in [3.05, 3.63) is 53.3 Å². The highest BCUT2D eigenvalue weighted by molar-refractivity contribution is 5.91. The molecular formula is C17H21N3O. The van der Waals surface area contributed by atoms with E-state index in [0.717, 1.165) is 28.2 Å². The zero-order valence-electron chi connectivity index (χ0n) is 12.7. The molecule has 0 bridgehead atoms. The molecule has 1 aromatic heterocycles. The van der Waals surface area contributed by atoms with Gasteiger partial charge in [-0.15, -0.1) is 0 Å². The fourth-order valence-corrected chi connectivity index (χ4v) is 1.93. The number of nitrogens with one attached hydrogen (secondary N) is 2. The van der Waals surface area contributed by atoms with Gasteiger partial charge in [-0.25, -0.2) is 0 Å². The molecule has 0 atom stereocenters. The van der Waals surface area contributed by atoms with Gasteiger partial charge >= 0.3 is 0 Å². The quantitative estimate of drug-likeness (QED) is 0.880. The van der Waals surface area contributed by atoms with Gasteiger partial charge < -0.3 is 10.6 Å². The van der Waals surface area contributed by atoms with Gasteiger partial charge in [0, 0.05) is 24.0 Å². The summed E-state index contributed by atoms with van der Waals surface area (Å²) >= 11 is 0. The third kappa shape index (κ3) is 4.31. The van der Waals surface area contributed by atoms with E-state index in [1.165, 1.54) is 0 Å². The van der Waals surface area contributed by atoms with E-state index in [2.05, 4.69) is 21.7 Å². The zero-order valence-corrected chi connectivity index (χ0v) is 12.7. The van der Waals surface area contributed by atoms with Gasteiger partial charge in [0.2, 0.25) is 5.91 Å². The second kappa shape index (κ2) is 6.88. The smallest absolute Gasteiger partial charge is 0.224 e. The summed E-state index contributed by atoms with van der Waals surface area (Å²) in [5.74, 6) is 0.0185. The average Bonchev–Trinajstić information content (AvgIpc) is 2.49. The molecule has 110 valence electrons. The van der Waals surface area contributed by atoms with E-state index in [9.17, 15) is 4.79 Å². The van der Waals surface area contributed by atoms with Gasteiger partial charge in [0.25, 0.3) is 0 Å². The Labute approximate surface area is 125 Å². The standard InChI is InChI=1S/C17H21N3O/c1-4-17(21)20-14-8-6-13(3)16(9-14)19-11-15-7-5-12(2)10-18-15/h5-10,19H,4,11H2,1-3H3,(H,20,21). The highest BCUT2D eigenvalue weighted by Crippen LogP contribution is 2.21. The minimum Gasteiger partial charge on any atom is -0.379 e. The maximum absolute atomic E-state index is 11.4. The van der Waals surface area contributed by atoms with Crippen LogP contribution < -0.4 is 10.6 Å². The van der Waals surface area contributed by atoms with Crippen LogP contribution in [0, 0.1) is 13.8 Å². The minimum atomic E-state index is 0.0185. The largest absolute Gasteiger partial charge is 0.379 e. The normalized spacial score (nSPS) is 10.2. The molecule has 0 spiro atoms. The Kier molecular flexibility index (Phi) is 4.93. The highest BCUT2D eigenvalue weighted by Gasteiger charge is 2.03. The number of carbonyl (C=O) groups is 1. The molecule has 0 unspecified atom stereocenters. The Balaban J connectivity index is 2.06. The lowest BCUT2D eigenvalue weighted by atomic mass is 10.1. The van der Waals surface area contributed by atoms with E-state index >= 15 is 0 Å². The first-order valence-electron chi connectivity index (χ1n) is 7.14. The number of hydrogen-bond acceptors (Lipinski definition) is 3. The van der Waals surface area contributed by atoms with Gasteiger partial charge in [-0.3, -0.25) is 9.78 Å². The van der Waals surface area contributed by atoms with Gasteiger partial charge in [-0.1, -0.05) is 19.1 Å². The Bertz CT molecular complexity index is 620. The second-order valence-electron chi connectivity index (χ2n) is 5.11. The molecule has 21 heavy (non-hydrogen) atoms. The summed E-state index contributed by atoms with van der Waals surface area (Å²) in [6, 6.07) is 9.93. The molecule has 1 aromatic carbocycles. The van der Waals surface area contributed by atoms with Crippen LogP contribution in [-0.2, 0) is 11.3 Å². The molecule has 0 aliphatic carbocycles. The second-order valence-corrected chi connectivity index (χ2v) is 5.11. The van der Waals surface area contributed by atoms with E-state index in [-0.39, 0.29) is 5.91 Å². The molecule has 1 amide bonds. The van der Waals surface area contributed by atoms with Gasteiger partial charge in [-0.05, 0) is 43.2 Å². The predicted octanol–water partition coefficient (Wildman–Crippen LogP) is 3.66. The van der Waals surface area contributed by atoms with E-state index in [1.807, 2.05) is 51.2 Å². The molecule has 1 heterocycles.